The van der Waals surface area contributed by atoms with E-state index in [1.54, 1.807) is 24.1 Å². The Morgan fingerprint density at radius 3 is 2.94 bits per heavy atom. The van der Waals surface area contributed by atoms with Gasteiger partial charge in [0.05, 0.1) is 18.9 Å². The molecule has 0 bridgehead atoms. The van der Waals surface area contributed by atoms with Crippen LogP contribution in [0.25, 0.3) is 0 Å². The Hall–Kier alpha value is -1.76. The van der Waals surface area contributed by atoms with Gasteiger partial charge in [-0.1, -0.05) is 0 Å². The van der Waals surface area contributed by atoms with E-state index in [0.29, 0.717) is 18.7 Å². The number of aliphatic hydroxyl groups is 1. The number of hydrogen-bond acceptors (Lipinski definition) is 4. The molecule has 7 heteroatoms. The van der Waals surface area contributed by atoms with Crippen LogP contribution >= 0.6 is 0 Å². The average molecular weight is 241 g/mol. The zero-order valence-corrected chi connectivity index (χ0v) is 9.48. The van der Waals surface area contributed by atoms with Gasteiger partial charge in [0.1, 0.15) is 12.2 Å². The Morgan fingerprint density at radius 2 is 2.41 bits per heavy atom. The predicted octanol–water partition coefficient (Wildman–Crippen LogP) is -0.0879. The highest BCUT2D eigenvalue weighted by Crippen LogP contribution is 2.18. The van der Waals surface area contributed by atoms with Crippen molar-refractivity contribution in [2.75, 3.05) is 13.1 Å². The van der Waals surface area contributed by atoms with Crippen LogP contribution in [0.15, 0.2) is 12.4 Å². The van der Waals surface area contributed by atoms with Crippen molar-refractivity contribution in [2.45, 2.75) is 18.6 Å². The minimum atomic E-state index is -1.01. The number of carbonyl (C=O) groups is 1. The highest BCUT2D eigenvalue weighted by atomic mass is 16.5. The first-order valence-electron chi connectivity index (χ1n) is 5.37. The molecule has 1 saturated heterocycles. The first kappa shape index (κ1) is 11.7. The number of ether oxygens (including phenoxy) is 1. The van der Waals surface area contributed by atoms with E-state index in [0.717, 1.165) is 0 Å². The van der Waals surface area contributed by atoms with Gasteiger partial charge in [-0.2, -0.15) is 5.10 Å². The van der Waals surface area contributed by atoms with E-state index in [1.807, 2.05) is 0 Å². The third-order valence-electron chi connectivity index (χ3n) is 2.76. The second-order valence-corrected chi connectivity index (χ2v) is 4.09. The van der Waals surface area contributed by atoms with E-state index >= 15 is 0 Å². The first-order chi connectivity index (χ1) is 8.06. The zero-order chi connectivity index (χ0) is 12.4. The largest absolute Gasteiger partial charge is 0.484 e. The van der Waals surface area contributed by atoms with E-state index in [4.69, 9.17) is 9.84 Å². The normalized spacial score (nSPS) is 24.7. The molecule has 1 aromatic rings. The molecule has 0 radical (unpaired) electrons. The molecule has 7 nitrogen and oxygen atoms in total. The molecule has 1 aliphatic rings. The van der Waals surface area contributed by atoms with Gasteiger partial charge in [0.2, 0.25) is 0 Å². The van der Waals surface area contributed by atoms with Crippen LogP contribution in [-0.2, 0) is 7.05 Å². The summed E-state index contributed by atoms with van der Waals surface area (Å²) < 4.78 is 7.17. The quantitative estimate of drug-likeness (QED) is 0.755. The van der Waals surface area contributed by atoms with Crippen molar-refractivity contribution in [1.82, 2.24) is 14.7 Å². The number of aromatic nitrogens is 2. The van der Waals surface area contributed by atoms with Crippen LogP contribution < -0.4 is 4.74 Å². The lowest BCUT2D eigenvalue weighted by Crippen LogP contribution is -2.50. The molecule has 0 spiro atoms. The topological polar surface area (TPSA) is 87.8 Å². The van der Waals surface area contributed by atoms with Gasteiger partial charge in [0, 0.05) is 20.0 Å². The molecule has 2 unspecified atom stereocenters. The lowest BCUT2D eigenvalue weighted by molar-refractivity contribution is -0.0200. The third kappa shape index (κ3) is 2.68. The van der Waals surface area contributed by atoms with E-state index < -0.39 is 12.2 Å². The molecule has 1 fully saturated rings. The number of nitrogens with zero attached hydrogens (tertiary/aromatic N) is 3. The van der Waals surface area contributed by atoms with Crippen LogP contribution in [0.1, 0.15) is 6.42 Å². The maximum absolute atomic E-state index is 10.7. The smallest absolute Gasteiger partial charge is 0.407 e. The first-order valence-corrected chi connectivity index (χ1v) is 5.37. The highest BCUT2D eigenvalue weighted by Gasteiger charge is 2.31. The van der Waals surface area contributed by atoms with Crippen LogP contribution in [0.3, 0.4) is 0 Å². The molecule has 0 aliphatic carbocycles. The monoisotopic (exact) mass is 241 g/mol. The lowest BCUT2D eigenvalue weighted by Gasteiger charge is -2.33. The average Bonchev–Trinajstić information content (AvgIpc) is 2.67. The van der Waals surface area contributed by atoms with E-state index in [2.05, 4.69) is 5.10 Å². The fraction of sp³-hybridized carbons (Fsp3) is 0.600. The van der Waals surface area contributed by atoms with Crippen molar-refractivity contribution < 1.29 is 19.7 Å². The fourth-order valence-corrected chi connectivity index (χ4v) is 1.86. The number of aliphatic hydroxyl groups excluding tert-OH is 1. The van der Waals surface area contributed by atoms with Crippen LogP contribution in [0.2, 0.25) is 0 Å². The summed E-state index contributed by atoms with van der Waals surface area (Å²) in [6.07, 6.45) is 1.55. The Bertz CT molecular complexity index is 406. The van der Waals surface area contributed by atoms with Crippen molar-refractivity contribution in [3.63, 3.8) is 0 Å². The van der Waals surface area contributed by atoms with Gasteiger partial charge in [-0.25, -0.2) is 4.79 Å². The van der Waals surface area contributed by atoms with E-state index in [9.17, 15) is 9.90 Å². The van der Waals surface area contributed by atoms with Gasteiger partial charge in [0.25, 0.3) is 0 Å². The van der Waals surface area contributed by atoms with Crippen molar-refractivity contribution >= 4 is 6.09 Å². The molecular weight excluding hydrogens is 226 g/mol. The molecule has 2 N–H and O–H groups in total. The predicted molar refractivity (Wildman–Crippen MR) is 57.8 cm³/mol. The fourth-order valence-electron chi connectivity index (χ4n) is 1.86. The van der Waals surface area contributed by atoms with Crippen LogP contribution in [0.4, 0.5) is 4.79 Å². The molecule has 1 amide bonds. The second-order valence-electron chi connectivity index (χ2n) is 4.09. The summed E-state index contributed by atoms with van der Waals surface area (Å²) in [5.74, 6) is 0.584. The van der Waals surface area contributed by atoms with Gasteiger partial charge in [-0.05, 0) is 0 Å². The Labute approximate surface area is 98.2 Å². The maximum Gasteiger partial charge on any atom is 0.407 e. The SMILES string of the molecule is Cn1cc(OC2CCN(C(=O)O)CC2O)cn1. The second kappa shape index (κ2) is 4.62. The number of likely N-dealkylation sites (tertiary alicyclic amines) is 1. The molecule has 94 valence electrons. The summed E-state index contributed by atoms with van der Waals surface area (Å²) in [6.45, 7) is 0.456. The standard InChI is InChI=1S/C10H15N3O4/c1-12-5-7(4-11-12)17-9-2-3-13(10(15)16)6-8(9)14/h4-5,8-9,14H,2-3,6H2,1H3,(H,15,16). The van der Waals surface area contributed by atoms with Crippen LogP contribution in [0, 0.1) is 0 Å². The molecule has 2 heterocycles. The molecule has 2 atom stereocenters. The summed E-state index contributed by atoms with van der Waals surface area (Å²) in [5, 5.41) is 22.6. The number of amides is 1. The van der Waals surface area contributed by atoms with Gasteiger partial charge < -0.3 is 19.8 Å². The number of hydrogen-bond donors (Lipinski definition) is 2. The number of carboxylic acid groups (broad SMARTS) is 1. The molecule has 2 rings (SSSR count). The summed E-state index contributed by atoms with van der Waals surface area (Å²) in [4.78, 5) is 11.9. The summed E-state index contributed by atoms with van der Waals surface area (Å²) in [5.41, 5.74) is 0. The third-order valence-corrected chi connectivity index (χ3v) is 2.76. The van der Waals surface area contributed by atoms with Crippen LogP contribution in [0.5, 0.6) is 5.75 Å². The summed E-state index contributed by atoms with van der Waals surface area (Å²) in [6, 6.07) is 0. The zero-order valence-electron chi connectivity index (χ0n) is 9.48. The number of aryl methyl sites for hydroxylation is 1. The lowest BCUT2D eigenvalue weighted by atomic mass is 10.1. The Kier molecular flexibility index (Phi) is 3.19. The van der Waals surface area contributed by atoms with Crippen molar-refractivity contribution in [3.8, 4) is 5.75 Å². The Balaban J connectivity index is 1.93. The van der Waals surface area contributed by atoms with Gasteiger partial charge in [-0.15, -0.1) is 0 Å². The molecular formula is C10H15N3O4. The summed E-state index contributed by atoms with van der Waals surface area (Å²) >= 11 is 0. The van der Waals surface area contributed by atoms with E-state index in [1.165, 1.54) is 4.90 Å². The molecule has 1 aliphatic heterocycles. The molecule has 17 heavy (non-hydrogen) atoms. The number of rotatable bonds is 2. The van der Waals surface area contributed by atoms with Crippen molar-refractivity contribution in [2.24, 2.45) is 7.05 Å². The van der Waals surface area contributed by atoms with Crippen molar-refractivity contribution in [1.29, 1.82) is 0 Å². The summed E-state index contributed by atoms with van der Waals surface area (Å²) in [7, 11) is 1.77. The Morgan fingerprint density at radius 1 is 1.65 bits per heavy atom. The van der Waals surface area contributed by atoms with Crippen molar-refractivity contribution in [3.05, 3.63) is 12.4 Å². The minimum absolute atomic E-state index is 0.0836. The van der Waals surface area contributed by atoms with Gasteiger partial charge in [0.15, 0.2) is 5.75 Å². The van der Waals surface area contributed by atoms with Gasteiger partial charge in [-0.3, -0.25) is 4.68 Å². The number of piperidine rings is 1. The van der Waals surface area contributed by atoms with E-state index in [-0.39, 0.29) is 12.6 Å². The molecule has 0 saturated carbocycles. The maximum atomic E-state index is 10.7. The highest BCUT2D eigenvalue weighted by molar-refractivity contribution is 5.65. The molecule has 1 aromatic heterocycles. The molecule has 0 aromatic carbocycles. The minimum Gasteiger partial charge on any atom is -0.484 e. The van der Waals surface area contributed by atoms with Crippen LogP contribution in [-0.4, -0.2) is 56.3 Å². The number of β-amino-alcohol motifs (C(OH)–C–C–N with tert-alkyl or cyclic N) is 1. The van der Waals surface area contributed by atoms with Gasteiger partial charge >= 0.3 is 6.09 Å².